The number of halogens is 2. The lowest BCUT2D eigenvalue weighted by atomic mass is 9.98. The molecule has 0 spiro atoms. The summed E-state index contributed by atoms with van der Waals surface area (Å²) in [4.78, 5) is 14.7. The van der Waals surface area contributed by atoms with Gasteiger partial charge in [-0.05, 0) is 37.4 Å². The number of rotatable bonds is 8. The first kappa shape index (κ1) is 25.2. The van der Waals surface area contributed by atoms with Crippen molar-refractivity contribution in [3.8, 4) is 5.75 Å². The highest BCUT2D eigenvalue weighted by Crippen LogP contribution is 2.22. The predicted octanol–water partition coefficient (Wildman–Crippen LogP) is 3.00. The zero-order valence-corrected chi connectivity index (χ0v) is 17.6. The summed E-state index contributed by atoms with van der Waals surface area (Å²) in [6.07, 6.45) is 0. The molecule has 2 atom stereocenters. The van der Waals surface area contributed by atoms with Gasteiger partial charge in [0.2, 0.25) is 5.91 Å². The van der Waals surface area contributed by atoms with Crippen molar-refractivity contribution in [1.82, 2.24) is 10.2 Å². The van der Waals surface area contributed by atoms with Gasteiger partial charge in [-0.3, -0.25) is 4.79 Å². The molecule has 0 fully saturated rings. The summed E-state index contributed by atoms with van der Waals surface area (Å²) in [5.41, 5.74) is 7.86. The Morgan fingerprint density at radius 1 is 1.07 bits per heavy atom. The molecule has 150 valence electrons. The van der Waals surface area contributed by atoms with Crippen molar-refractivity contribution in [2.24, 2.45) is 5.73 Å². The lowest BCUT2D eigenvalue weighted by molar-refractivity contribution is -0.122. The summed E-state index contributed by atoms with van der Waals surface area (Å²) in [6.45, 7) is 0.782. The molecule has 0 heterocycles. The summed E-state index contributed by atoms with van der Waals surface area (Å²) in [6, 6.07) is 17.6. The minimum atomic E-state index is -0.339. The number of benzene rings is 2. The molecule has 7 heteroatoms. The van der Waals surface area contributed by atoms with Gasteiger partial charge in [-0.25, -0.2) is 0 Å². The van der Waals surface area contributed by atoms with E-state index in [1.165, 1.54) is 0 Å². The van der Waals surface area contributed by atoms with Crippen molar-refractivity contribution in [2.75, 3.05) is 34.3 Å². The van der Waals surface area contributed by atoms with E-state index in [0.29, 0.717) is 6.54 Å². The zero-order valence-electron chi connectivity index (χ0n) is 15.9. The Hall–Kier alpha value is -1.79. The average Bonchev–Trinajstić information content (AvgIpc) is 2.63. The number of ether oxygens (including phenoxy) is 1. The molecule has 2 aromatic rings. The molecule has 0 aliphatic rings. The number of nitrogens with zero attached hydrogens (tertiary/aromatic N) is 1. The van der Waals surface area contributed by atoms with Crippen molar-refractivity contribution >= 4 is 30.7 Å². The first-order valence-corrected chi connectivity index (χ1v) is 8.40. The van der Waals surface area contributed by atoms with E-state index in [1.54, 1.807) is 7.11 Å². The summed E-state index contributed by atoms with van der Waals surface area (Å²) >= 11 is 0. The maximum atomic E-state index is 12.6. The quantitative estimate of drug-likeness (QED) is 0.697. The van der Waals surface area contributed by atoms with Gasteiger partial charge < -0.3 is 20.7 Å². The van der Waals surface area contributed by atoms with Gasteiger partial charge in [-0.1, -0.05) is 42.5 Å². The molecule has 2 aromatic carbocycles. The van der Waals surface area contributed by atoms with Crippen molar-refractivity contribution in [1.29, 1.82) is 0 Å². The van der Waals surface area contributed by atoms with Crippen LogP contribution < -0.4 is 15.8 Å². The highest BCUT2D eigenvalue weighted by molar-refractivity contribution is 5.85. The second-order valence-corrected chi connectivity index (χ2v) is 6.20. The number of carbonyl (C=O) groups excluding carboxylic acids is 1. The van der Waals surface area contributed by atoms with E-state index in [1.807, 2.05) is 68.7 Å². The predicted molar refractivity (Wildman–Crippen MR) is 115 cm³/mol. The molecule has 0 saturated heterocycles. The maximum absolute atomic E-state index is 12.6. The number of nitrogens with two attached hydrogens (primary N) is 1. The third-order valence-electron chi connectivity index (χ3n) is 4.33. The second kappa shape index (κ2) is 12.6. The Morgan fingerprint density at radius 3 is 2.26 bits per heavy atom. The van der Waals surface area contributed by atoms with Crippen LogP contribution in [0.1, 0.15) is 23.1 Å². The number of methoxy groups -OCH3 is 1. The fourth-order valence-corrected chi connectivity index (χ4v) is 2.85. The molecule has 0 bridgehead atoms. The lowest BCUT2D eigenvalue weighted by Gasteiger charge is -2.26. The smallest absolute Gasteiger partial charge is 0.228 e. The summed E-state index contributed by atoms with van der Waals surface area (Å²) in [7, 11) is 5.64. The molecule has 0 aromatic heterocycles. The van der Waals surface area contributed by atoms with Crippen LogP contribution in [0.2, 0.25) is 0 Å². The molecule has 0 aliphatic heterocycles. The van der Waals surface area contributed by atoms with E-state index in [-0.39, 0.29) is 49.2 Å². The first-order chi connectivity index (χ1) is 12.1. The molecular formula is C20H29Cl2N3O2. The van der Waals surface area contributed by atoms with E-state index >= 15 is 0 Å². The van der Waals surface area contributed by atoms with E-state index in [9.17, 15) is 4.79 Å². The van der Waals surface area contributed by atoms with Crippen molar-refractivity contribution in [3.05, 3.63) is 65.7 Å². The Morgan fingerprint density at radius 2 is 1.70 bits per heavy atom. The van der Waals surface area contributed by atoms with E-state index in [2.05, 4.69) is 10.2 Å². The van der Waals surface area contributed by atoms with Crippen LogP contribution in [-0.4, -0.2) is 45.1 Å². The van der Waals surface area contributed by atoms with Gasteiger partial charge in [0.1, 0.15) is 5.75 Å². The van der Waals surface area contributed by atoms with Crippen LogP contribution in [-0.2, 0) is 4.79 Å². The zero-order chi connectivity index (χ0) is 18.2. The Balaban J connectivity index is 0.00000338. The fraction of sp³-hybridized carbons (Fsp3) is 0.350. The van der Waals surface area contributed by atoms with Gasteiger partial charge in [0.15, 0.2) is 0 Å². The molecule has 0 saturated carbocycles. The SMILES string of the molecule is COc1cccc(C(CNC(=O)C(CN)c2ccccc2)N(C)C)c1.Cl.Cl. The Labute approximate surface area is 174 Å². The highest BCUT2D eigenvalue weighted by Gasteiger charge is 2.21. The maximum Gasteiger partial charge on any atom is 0.228 e. The highest BCUT2D eigenvalue weighted by atomic mass is 35.5. The second-order valence-electron chi connectivity index (χ2n) is 6.20. The van der Waals surface area contributed by atoms with Crippen molar-refractivity contribution in [3.63, 3.8) is 0 Å². The number of likely N-dealkylation sites (N-methyl/N-ethyl adjacent to an activating group) is 1. The average molecular weight is 414 g/mol. The number of hydrogen-bond acceptors (Lipinski definition) is 4. The van der Waals surface area contributed by atoms with Crippen LogP contribution in [0.25, 0.3) is 0 Å². The minimum absolute atomic E-state index is 0. The first-order valence-electron chi connectivity index (χ1n) is 8.40. The van der Waals surface area contributed by atoms with Gasteiger partial charge in [-0.2, -0.15) is 0 Å². The van der Waals surface area contributed by atoms with Crippen molar-refractivity contribution < 1.29 is 9.53 Å². The summed E-state index contributed by atoms with van der Waals surface area (Å²) < 4.78 is 5.30. The molecule has 3 N–H and O–H groups in total. The van der Waals surface area contributed by atoms with E-state index in [4.69, 9.17) is 10.5 Å². The minimum Gasteiger partial charge on any atom is -0.497 e. The molecule has 2 rings (SSSR count). The standard InChI is InChI=1S/C20H27N3O2.2ClH/c1-23(2)19(16-10-7-11-17(12-16)25-3)14-22-20(24)18(13-21)15-8-5-4-6-9-15;;/h4-12,18-19H,13-14,21H2,1-3H3,(H,22,24);2*1H. The van der Waals surface area contributed by atoms with E-state index in [0.717, 1.165) is 16.9 Å². The van der Waals surface area contributed by atoms with Crippen LogP contribution in [0.4, 0.5) is 0 Å². The Kier molecular flexibility index (Phi) is 11.7. The fourth-order valence-electron chi connectivity index (χ4n) is 2.85. The van der Waals surface area contributed by atoms with Gasteiger partial charge >= 0.3 is 0 Å². The Bertz CT molecular complexity index is 684. The number of nitrogens with one attached hydrogen (secondary N) is 1. The van der Waals surface area contributed by atoms with Gasteiger partial charge in [-0.15, -0.1) is 24.8 Å². The monoisotopic (exact) mass is 413 g/mol. The molecule has 27 heavy (non-hydrogen) atoms. The topological polar surface area (TPSA) is 67.6 Å². The number of hydrogen-bond donors (Lipinski definition) is 2. The molecule has 0 aliphatic carbocycles. The summed E-state index contributed by atoms with van der Waals surface area (Å²) in [5.74, 6) is 0.414. The van der Waals surface area contributed by atoms with Crippen LogP contribution in [0, 0.1) is 0 Å². The number of amides is 1. The van der Waals surface area contributed by atoms with Crippen LogP contribution in [0.5, 0.6) is 5.75 Å². The van der Waals surface area contributed by atoms with E-state index < -0.39 is 0 Å². The third kappa shape index (κ3) is 7.03. The van der Waals surface area contributed by atoms with Gasteiger partial charge in [0, 0.05) is 13.1 Å². The third-order valence-corrected chi connectivity index (χ3v) is 4.33. The molecular weight excluding hydrogens is 385 g/mol. The molecule has 1 amide bonds. The van der Waals surface area contributed by atoms with Crippen molar-refractivity contribution in [2.45, 2.75) is 12.0 Å². The lowest BCUT2D eigenvalue weighted by Crippen LogP contribution is -2.39. The van der Waals surface area contributed by atoms with Gasteiger partial charge in [0.25, 0.3) is 0 Å². The number of carbonyl (C=O) groups is 1. The molecule has 0 radical (unpaired) electrons. The molecule has 2 unspecified atom stereocenters. The normalized spacial score (nSPS) is 12.3. The van der Waals surface area contributed by atoms with Crippen LogP contribution in [0.15, 0.2) is 54.6 Å². The largest absolute Gasteiger partial charge is 0.497 e. The summed E-state index contributed by atoms with van der Waals surface area (Å²) in [5, 5.41) is 3.05. The van der Waals surface area contributed by atoms with Crippen LogP contribution >= 0.6 is 24.8 Å². The molecule has 5 nitrogen and oxygen atoms in total. The van der Waals surface area contributed by atoms with Gasteiger partial charge in [0.05, 0.1) is 19.1 Å². The van der Waals surface area contributed by atoms with Crippen LogP contribution in [0.3, 0.4) is 0 Å².